The minimum absolute atomic E-state index is 0.169. The van der Waals surface area contributed by atoms with Gasteiger partial charge >= 0.3 is 5.97 Å². The molecule has 1 atom stereocenters. The van der Waals surface area contributed by atoms with E-state index in [1.54, 1.807) is 38.5 Å². The standard InChI is InChI=1S/C21H23NO5/c1-15(17-7-5-4-6-8-17)22-20(23)14-27-21(24)10-9-16-11-18(25-2)13-19(12-16)26-3/h4-13,15H,14H2,1-3H3,(H,22,23)/b10-9+/t15-/m0/s1. The van der Waals surface area contributed by atoms with Crippen molar-refractivity contribution < 1.29 is 23.8 Å². The first-order chi connectivity index (χ1) is 13.0. The molecule has 0 heterocycles. The summed E-state index contributed by atoms with van der Waals surface area (Å²) >= 11 is 0. The van der Waals surface area contributed by atoms with Crippen LogP contribution in [0.3, 0.4) is 0 Å². The van der Waals surface area contributed by atoms with E-state index in [0.717, 1.165) is 5.56 Å². The SMILES string of the molecule is COc1cc(/C=C/C(=O)OCC(=O)N[C@@H](C)c2ccccc2)cc(OC)c1. The lowest BCUT2D eigenvalue weighted by atomic mass is 10.1. The highest BCUT2D eigenvalue weighted by Crippen LogP contribution is 2.23. The predicted molar refractivity (Wildman–Crippen MR) is 103 cm³/mol. The van der Waals surface area contributed by atoms with E-state index in [1.165, 1.54) is 6.08 Å². The molecule has 2 aromatic rings. The molecule has 1 N–H and O–H groups in total. The molecule has 2 rings (SSSR count). The first-order valence-corrected chi connectivity index (χ1v) is 8.44. The number of carbonyl (C=O) groups is 2. The van der Waals surface area contributed by atoms with Crippen LogP contribution in [0.4, 0.5) is 0 Å². The number of nitrogens with one attached hydrogen (secondary N) is 1. The maximum Gasteiger partial charge on any atom is 0.331 e. The van der Waals surface area contributed by atoms with Gasteiger partial charge in [-0.15, -0.1) is 0 Å². The van der Waals surface area contributed by atoms with Crippen LogP contribution in [0.15, 0.2) is 54.6 Å². The van der Waals surface area contributed by atoms with E-state index in [9.17, 15) is 9.59 Å². The lowest BCUT2D eigenvalue weighted by Crippen LogP contribution is -2.30. The van der Waals surface area contributed by atoms with Crippen LogP contribution in [0.5, 0.6) is 11.5 Å². The molecule has 0 aliphatic rings. The lowest BCUT2D eigenvalue weighted by molar-refractivity contribution is -0.144. The van der Waals surface area contributed by atoms with Crippen molar-refractivity contribution in [3.05, 3.63) is 65.7 Å². The summed E-state index contributed by atoms with van der Waals surface area (Å²) in [6.45, 7) is 1.52. The Kier molecular flexibility index (Phi) is 7.43. The van der Waals surface area contributed by atoms with E-state index in [-0.39, 0.29) is 18.6 Å². The molecule has 6 heteroatoms. The third-order valence-corrected chi connectivity index (χ3v) is 3.81. The fourth-order valence-electron chi connectivity index (χ4n) is 2.38. The summed E-state index contributed by atoms with van der Waals surface area (Å²) in [5.74, 6) is 0.240. The number of methoxy groups -OCH3 is 2. The Bertz CT molecular complexity index is 779. The van der Waals surface area contributed by atoms with Crippen molar-refractivity contribution in [3.8, 4) is 11.5 Å². The van der Waals surface area contributed by atoms with Gasteiger partial charge in [0.25, 0.3) is 5.91 Å². The van der Waals surface area contributed by atoms with E-state index < -0.39 is 5.97 Å². The lowest BCUT2D eigenvalue weighted by Gasteiger charge is -2.14. The third-order valence-electron chi connectivity index (χ3n) is 3.81. The fraction of sp³-hybridized carbons (Fsp3) is 0.238. The number of ether oxygens (including phenoxy) is 3. The average molecular weight is 369 g/mol. The van der Waals surface area contributed by atoms with E-state index in [2.05, 4.69) is 5.32 Å². The van der Waals surface area contributed by atoms with Gasteiger partial charge in [-0.2, -0.15) is 0 Å². The summed E-state index contributed by atoms with van der Waals surface area (Å²) in [5, 5.41) is 2.78. The number of amides is 1. The van der Waals surface area contributed by atoms with Gasteiger partial charge in [-0.1, -0.05) is 30.3 Å². The Morgan fingerprint density at radius 3 is 2.26 bits per heavy atom. The number of rotatable bonds is 8. The fourth-order valence-corrected chi connectivity index (χ4v) is 2.38. The van der Waals surface area contributed by atoms with Gasteiger partial charge in [0.2, 0.25) is 0 Å². The zero-order valence-corrected chi connectivity index (χ0v) is 15.6. The third kappa shape index (κ3) is 6.51. The molecule has 2 aromatic carbocycles. The first kappa shape index (κ1) is 20.0. The van der Waals surface area contributed by atoms with E-state index in [0.29, 0.717) is 17.1 Å². The van der Waals surface area contributed by atoms with Crippen molar-refractivity contribution in [2.45, 2.75) is 13.0 Å². The van der Waals surface area contributed by atoms with Crippen LogP contribution < -0.4 is 14.8 Å². The molecule has 0 radical (unpaired) electrons. The highest BCUT2D eigenvalue weighted by Gasteiger charge is 2.10. The van der Waals surface area contributed by atoms with Crippen molar-refractivity contribution >= 4 is 18.0 Å². The van der Waals surface area contributed by atoms with Gasteiger partial charge in [-0.25, -0.2) is 4.79 Å². The van der Waals surface area contributed by atoms with Gasteiger partial charge < -0.3 is 19.5 Å². The number of hydrogen-bond acceptors (Lipinski definition) is 5. The van der Waals surface area contributed by atoms with Crippen molar-refractivity contribution in [1.29, 1.82) is 0 Å². The molecular weight excluding hydrogens is 346 g/mol. The summed E-state index contributed by atoms with van der Waals surface area (Å²) in [7, 11) is 3.09. The van der Waals surface area contributed by atoms with Crippen LogP contribution in [-0.4, -0.2) is 32.7 Å². The summed E-state index contributed by atoms with van der Waals surface area (Å²) in [6.07, 6.45) is 2.82. The van der Waals surface area contributed by atoms with Crippen molar-refractivity contribution in [1.82, 2.24) is 5.32 Å². The first-order valence-electron chi connectivity index (χ1n) is 8.44. The van der Waals surface area contributed by atoms with Crippen LogP contribution in [0, 0.1) is 0 Å². The summed E-state index contributed by atoms with van der Waals surface area (Å²) in [5.41, 5.74) is 1.69. The molecule has 0 saturated carbocycles. The molecule has 0 aliphatic carbocycles. The predicted octanol–water partition coefficient (Wildman–Crippen LogP) is 3.14. The molecule has 0 aliphatic heterocycles. The maximum absolute atomic E-state index is 11.9. The zero-order chi connectivity index (χ0) is 19.6. The van der Waals surface area contributed by atoms with Crippen molar-refractivity contribution in [2.24, 2.45) is 0 Å². The Balaban J connectivity index is 1.85. The Labute approximate surface area is 158 Å². The monoisotopic (exact) mass is 369 g/mol. The minimum Gasteiger partial charge on any atom is -0.497 e. The van der Waals surface area contributed by atoms with E-state index in [1.807, 2.05) is 37.3 Å². The average Bonchev–Trinajstić information content (AvgIpc) is 2.70. The molecule has 0 aromatic heterocycles. The van der Waals surface area contributed by atoms with Gasteiger partial charge in [0.1, 0.15) is 11.5 Å². The summed E-state index contributed by atoms with van der Waals surface area (Å²) in [6, 6.07) is 14.6. The smallest absolute Gasteiger partial charge is 0.331 e. The molecule has 142 valence electrons. The normalized spacial score (nSPS) is 11.7. The van der Waals surface area contributed by atoms with Gasteiger partial charge in [0.15, 0.2) is 6.61 Å². The second kappa shape index (κ2) is 10.0. The van der Waals surface area contributed by atoms with Crippen LogP contribution in [0.2, 0.25) is 0 Å². The molecule has 27 heavy (non-hydrogen) atoms. The molecule has 0 saturated heterocycles. The summed E-state index contributed by atoms with van der Waals surface area (Å²) < 4.78 is 15.3. The molecular formula is C21H23NO5. The molecule has 0 unspecified atom stereocenters. The number of benzene rings is 2. The quantitative estimate of drug-likeness (QED) is 0.572. The largest absolute Gasteiger partial charge is 0.497 e. The van der Waals surface area contributed by atoms with Gasteiger partial charge in [0, 0.05) is 12.1 Å². The number of esters is 1. The van der Waals surface area contributed by atoms with E-state index in [4.69, 9.17) is 14.2 Å². The topological polar surface area (TPSA) is 73.9 Å². The Hall–Kier alpha value is -3.28. The summed E-state index contributed by atoms with van der Waals surface area (Å²) in [4.78, 5) is 23.8. The minimum atomic E-state index is -0.612. The second-order valence-electron chi connectivity index (χ2n) is 5.79. The van der Waals surface area contributed by atoms with E-state index >= 15 is 0 Å². The molecule has 1 amide bonds. The maximum atomic E-state index is 11.9. The number of carbonyl (C=O) groups excluding carboxylic acids is 2. The number of hydrogen-bond donors (Lipinski definition) is 1. The highest BCUT2D eigenvalue weighted by atomic mass is 16.5. The van der Waals surface area contributed by atoms with Gasteiger partial charge in [-0.05, 0) is 36.3 Å². The van der Waals surface area contributed by atoms with Gasteiger partial charge in [0.05, 0.1) is 20.3 Å². The van der Waals surface area contributed by atoms with Crippen LogP contribution in [0.1, 0.15) is 24.1 Å². The van der Waals surface area contributed by atoms with Crippen molar-refractivity contribution in [2.75, 3.05) is 20.8 Å². The molecule has 0 fully saturated rings. The second-order valence-corrected chi connectivity index (χ2v) is 5.79. The Morgan fingerprint density at radius 1 is 1.04 bits per heavy atom. The van der Waals surface area contributed by atoms with Crippen LogP contribution in [0.25, 0.3) is 6.08 Å². The molecule has 0 bridgehead atoms. The highest BCUT2D eigenvalue weighted by molar-refractivity contribution is 5.89. The van der Waals surface area contributed by atoms with Crippen LogP contribution in [-0.2, 0) is 14.3 Å². The molecule has 0 spiro atoms. The van der Waals surface area contributed by atoms with Crippen molar-refractivity contribution in [3.63, 3.8) is 0 Å². The Morgan fingerprint density at radius 2 is 1.67 bits per heavy atom. The van der Waals surface area contributed by atoms with Crippen LogP contribution >= 0.6 is 0 Å². The van der Waals surface area contributed by atoms with Gasteiger partial charge in [-0.3, -0.25) is 4.79 Å². The molecule has 6 nitrogen and oxygen atoms in total. The zero-order valence-electron chi connectivity index (χ0n) is 15.6.